The molecule has 3 rings (SSSR count). The van der Waals surface area contributed by atoms with Crippen LogP contribution in [-0.4, -0.2) is 4.98 Å². The van der Waals surface area contributed by atoms with Crippen molar-refractivity contribution in [1.29, 1.82) is 0 Å². The van der Waals surface area contributed by atoms with Crippen LogP contribution in [0.3, 0.4) is 0 Å². The highest BCUT2D eigenvalue weighted by Crippen LogP contribution is 2.34. The third-order valence-corrected chi connectivity index (χ3v) is 3.79. The van der Waals surface area contributed by atoms with E-state index in [1.165, 1.54) is 11.6 Å². The third-order valence-electron chi connectivity index (χ3n) is 3.48. The Morgan fingerprint density at radius 2 is 2.16 bits per heavy atom. The topological polar surface area (TPSA) is 24.9 Å². The zero-order valence-electron chi connectivity index (χ0n) is 10.4. The molecular formula is C15H14ClFN2. The number of rotatable bonds is 2. The number of aromatic nitrogens is 1. The Morgan fingerprint density at radius 3 is 3.00 bits per heavy atom. The van der Waals surface area contributed by atoms with Crippen molar-refractivity contribution in [2.75, 3.05) is 5.32 Å². The number of nitrogens with zero attached hydrogens (tertiary/aromatic N) is 1. The second-order valence-corrected chi connectivity index (χ2v) is 5.14. The SMILES string of the molecule is Fc1cccc(Cl)c1NC1CCCc2cccnc21. The van der Waals surface area contributed by atoms with Crippen LogP contribution in [0.2, 0.25) is 5.02 Å². The van der Waals surface area contributed by atoms with Crippen LogP contribution in [0, 0.1) is 5.82 Å². The van der Waals surface area contributed by atoms with Crippen LogP contribution in [-0.2, 0) is 6.42 Å². The molecule has 0 saturated carbocycles. The number of nitrogens with one attached hydrogen (secondary N) is 1. The molecule has 0 aliphatic heterocycles. The summed E-state index contributed by atoms with van der Waals surface area (Å²) in [5.74, 6) is -0.324. The Morgan fingerprint density at radius 1 is 1.26 bits per heavy atom. The third kappa shape index (κ3) is 2.43. The van der Waals surface area contributed by atoms with E-state index in [0.29, 0.717) is 10.7 Å². The minimum atomic E-state index is -0.324. The molecule has 0 radical (unpaired) electrons. The molecule has 0 bridgehead atoms. The smallest absolute Gasteiger partial charge is 0.147 e. The van der Waals surface area contributed by atoms with Crippen LogP contribution in [0.15, 0.2) is 36.5 Å². The van der Waals surface area contributed by atoms with Crippen LogP contribution in [0.25, 0.3) is 0 Å². The molecule has 0 saturated heterocycles. The highest BCUT2D eigenvalue weighted by Gasteiger charge is 2.22. The van der Waals surface area contributed by atoms with Gasteiger partial charge in [0.15, 0.2) is 0 Å². The van der Waals surface area contributed by atoms with E-state index in [2.05, 4.69) is 16.4 Å². The van der Waals surface area contributed by atoms with Gasteiger partial charge in [0.2, 0.25) is 0 Å². The standard InChI is InChI=1S/C15H14ClFN2/c16-11-6-2-7-12(17)15(11)19-13-8-1-4-10-5-3-9-18-14(10)13/h2-3,5-7,9,13,19H,1,4,8H2. The van der Waals surface area contributed by atoms with Gasteiger partial charge in [-0.05, 0) is 43.0 Å². The number of hydrogen-bond acceptors (Lipinski definition) is 2. The summed E-state index contributed by atoms with van der Waals surface area (Å²) in [7, 11) is 0. The molecule has 4 heteroatoms. The fourth-order valence-electron chi connectivity index (χ4n) is 2.56. The normalized spacial score (nSPS) is 17.9. The molecule has 0 spiro atoms. The van der Waals surface area contributed by atoms with Crippen molar-refractivity contribution in [1.82, 2.24) is 4.98 Å². The minimum Gasteiger partial charge on any atom is -0.373 e. The molecule has 1 aliphatic carbocycles. The van der Waals surface area contributed by atoms with Crippen molar-refractivity contribution < 1.29 is 4.39 Å². The molecule has 98 valence electrons. The first-order valence-electron chi connectivity index (χ1n) is 6.40. The van der Waals surface area contributed by atoms with Gasteiger partial charge in [-0.1, -0.05) is 23.7 Å². The van der Waals surface area contributed by atoms with Crippen molar-refractivity contribution in [3.63, 3.8) is 0 Å². The first-order chi connectivity index (χ1) is 9.25. The number of pyridine rings is 1. The molecule has 19 heavy (non-hydrogen) atoms. The monoisotopic (exact) mass is 276 g/mol. The van der Waals surface area contributed by atoms with Gasteiger partial charge in [-0.15, -0.1) is 0 Å². The average Bonchev–Trinajstić information content (AvgIpc) is 2.43. The maximum absolute atomic E-state index is 13.8. The summed E-state index contributed by atoms with van der Waals surface area (Å²) in [6.45, 7) is 0. The van der Waals surface area contributed by atoms with Gasteiger partial charge in [0.05, 0.1) is 22.4 Å². The minimum absolute atomic E-state index is 0.0272. The van der Waals surface area contributed by atoms with Gasteiger partial charge in [0.1, 0.15) is 5.82 Å². The predicted octanol–water partition coefficient (Wildman–Crippen LogP) is 4.36. The van der Waals surface area contributed by atoms with Crippen molar-refractivity contribution >= 4 is 17.3 Å². The summed E-state index contributed by atoms with van der Waals surface area (Å²) in [5, 5.41) is 3.61. The molecule has 2 nitrogen and oxygen atoms in total. The fraction of sp³-hybridized carbons (Fsp3) is 0.267. The first kappa shape index (κ1) is 12.4. The van der Waals surface area contributed by atoms with E-state index < -0.39 is 0 Å². The highest BCUT2D eigenvalue weighted by atomic mass is 35.5. The zero-order valence-corrected chi connectivity index (χ0v) is 11.1. The lowest BCUT2D eigenvalue weighted by Gasteiger charge is -2.26. The molecule has 1 N–H and O–H groups in total. The van der Waals surface area contributed by atoms with E-state index in [9.17, 15) is 4.39 Å². The van der Waals surface area contributed by atoms with Gasteiger partial charge >= 0.3 is 0 Å². The Bertz CT molecular complexity index is 580. The van der Waals surface area contributed by atoms with E-state index in [1.807, 2.05) is 6.07 Å². The maximum atomic E-state index is 13.8. The van der Waals surface area contributed by atoms with Crippen molar-refractivity contribution in [3.8, 4) is 0 Å². The Hall–Kier alpha value is -1.61. The van der Waals surface area contributed by atoms with Crippen LogP contribution in [0.5, 0.6) is 0 Å². The summed E-state index contributed by atoms with van der Waals surface area (Å²) in [6.07, 6.45) is 4.82. The molecule has 0 amide bonds. The number of para-hydroxylation sites is 1. The maximum Gasteiger partial charge on any atom is 0.147 e. The summed E-state index contributed by atoms with van der Waals surface area (Å²) in [6, 6.07) is 8.76. The van der Waals surface area contributed by atoms with Crippen LogP contribution in [0.1, 0.15) is 30.1 Å². The van der Waals surface area contributed by atoms with E-state index in [4.69, 9.17) is 11.6 Å². The van der Waals surface area contributed by atoms with Gasteiger partial charge in [-0.25, -0.2) is 4.39 Å². The van der Waals surface area contributed by atoms with Gasteiger partial charge in [-0.3, -0.25) is 4.98 Å². The number of benzene rings is 1. The largest absolute Gasteiger partial charge is 0.373 e. The number of hydrogen-bond donors (Lipinski definition) is 1. The molecule has 1 unspecified atom stereocenters. The van der Waals surface area contributed by atoms with Crippen molar-refractivity contribution in [3.05, 3.63) is 58.6 Å². The number of fused-ring (bicyclic) bond motifs is 1. The van der Waals surface area contributed by atoms with Gasteiger partial charge in [0.25, 0.3) is 0 Å². The van der Waals surface area contributed by atoms with Crippen LogP contribution < -0.4 is 5.32 Å². The van der Waals surface area contributed by atoms with Gasteiger partial charge in [0, 0.05) is 6.20 Å². The second kappa shape index (κ2) is 5.17. The molecule has 1 atom stereocenters. The van der Waals surface area contributed by atoms with Crippen LogP contribution in [0.4, 0.5) is 10.1 Å². The van der Waals surface area contributed by atoms with E-state index in [1.54, 1.807) is 18.3 Å². The van der Waals surface area contributed by atoms with Gasteiger partial charge in [-0.2, -0.15) is 0 Å². The molecular weight excluding hydrogens is 263 g/mol. The van der Waals surface area contributed by atoms with Gasteiger partial charge < -0.3 is 5.32 Å². The molecule has 1 aliphatic rings. The summed E-state index contributed by atoms with van der Waals surface area (Å²) in [5.41, 5.74) is 2.61. The Kier molecular flexibility index (Phi) is 3.38. The molecule has 2 aromatic rings. The van der Waals surface area contributed by atoms with E-state index in [-0.39, 0.29) is 11.9 Å². The lowest BCUT2D eigenvalue weighted by atomic mass is 9.92. The predicted molar refractivity (Wildman–Crippen MR) is 74.9 cm³/mol. The molecule has 0 fully saturated rings. The average molecular weight is 277 g/mol. The number of aryl methyl sites for hydroxylation is 1. The number of halogens is 2. The summed E-state index contributed by atoms with van der Waals surface area (Å²) in [4.78, 5) is 4.43. The lowest BCUT2D eigenvalue weighted by Crippen LogP contribution is -2.19. The quantitative estimate of drug-likeness (QED) is 0.881. The Balaban J connectivity index is 1.93. The molecule has 1 aromatic heterocycles. The summed E-state index contributed by atoms with van der Waals surface area (Å²) >= 11 is 6.05. The Labute approximate surface area is 116 Å². The lowest BCUT2D eigenvalue weighted by molar-refractivity contribution is 0.573. The van der Waals surface area contributed by atoms with E-state index >= 15 is 0 Å². The zero-order chi connectivity index (χ0) is 13.2. The summed E-state index contributed by atoms with van der Waals surface area (Å²) < 4.78 is 13.8. The van der Waals surface area contributed by atoms with Crippen LogP contribution >= 0.6 is 11.6 Å². The van der Waals surface area contributed by atoms with Crippen molar-refractivity contribution in [2.24, 2.45) is 0 Å². The van der Waals surface area contributed by atoms with E-state index in [0.717, 1.165) is 25.0 Å². The first-order valence-corrected chi connectivity index (χ1v) is 6.78. The molecule has 1 heterocycles. The molecule has 1 aromatic carbocycles. The second-order valence-electron chi connectivity index (χ2n) is 4.73. The number of anilines is 1. The van der Waals surface area contributed by atoms with Crippen molar-refractivity contribution in [2.45, 2.75) is 25.3 Å². The highest BCUT2D eigenvalue weighted by molar-refractivity contribution is 6.33. The fourth-order valence-corrected chi connectivity index (χ4v) is 2.78.